The second kappa shape index (κ2) is 5.24. The molecule has 1 heterocycles. The van der Waals surface area contributed by atoms with Crippen LogP contribution in [0, 0.1) is 0 Å². The molecule has 0 saturated carbocycles. The van der Waals surface area contributed by atoms with Crippen LogP contribution in [0.2, 0.25) is 0 Å². The van der Waals surface area contributed by atoms with Crippen molar-refractivity contribution in [3.05, 3.63) is 0 Å². The fourth-order valence-electron chi connectivity index (χ4n) is 1.88. The fraction of sp³-hybridized carbons (Fsp3) is 1.00. The lowest BCUT2D eigenvalue weighted by Gasteiger charge is -2.41. The Kier molecular flexibility index (Phi) is 4.71. The minimum atomic E-state index is -3.85. The van der Waals surface area contributed by atoms with Crippen molar-refractivity contribution in [3.63, 3.8) is 0 Å². The first kappa shape index (κ1) is 16.2. The van der Waals surface area contributed by atoms with Gasteiger partial charge in [-0.2, -0.15) is 4.31 Å². The van der Waals surface area contributed by atoms with Crippen molar-refractivity contribution in [1.29, 1.82) is 0 Å². The Morgan fingerprint density at radius 2 is 1.89 bits per heavy atom. The van der Waals surface area contributed by atoms with Crippen LogP contribution in [-0.4, -0.2) is 63.2 Å². The summed E-state index contributed by atoms with van der Waals surface area (Å²) in [7, 11) is -7.44. The Hall–Kier alpha value is 0.110. The summed E-state index contributed by atoms with van der Waals surface area (Å²) in [5.74, 6) is 0.161. The third-order valence-electron chi connectivity index (χ3n) is 2.38. The highest BCUT2D eigenvalue weighted by atomic mass is 35.5. The van der Waals surface area contributed by atoms with E-state index >= 15 is 0 Å². The van der Waals surface area contributed by atoms with E-state index in [1.165, 1.54) is 0 Å². The van der Waals surface area contributed by atoms with E-state index in [0.717, 1.165) is 10.6 Å². The second-order valence-corrected chi connectivity index (χ2v) is 9.89. The van der Waals surface area contributed by atoms with Gasteiger partial charge >= 0.3 is 0 Å². The summed E-state index contributed by atoms with van der Waals surface area (Å²) in [4.78, 5) is 0. The summed E-state index contributed by atoms with van der Waals surface area (Å²) < 4.78 is 53.0. The van der Waals surface area contributed by atoms with E-state index in [4.69, 9.17) is 16.3 Å². The van der Waals surface area contributed by atoms with Gasteiger partial charge < -0.3 is 4.74 Å². The molecule has 1 aliphatic heterocycles. The standard InChI is InChI=1S/C9H18ClNO5S2/c1-9(2)6-11(5-8(4-10)16-9)18(14,15)7-17(3,12)13/h8H,4-7H2,1-3H3. The molecule has 6 nitrogen and oxygen atoms in total. The van der Waals surface area contributed by atoms with Crippen LogP contribution in [0.5, 0.6) is 0 Å². The van der Waals surface area contributed by atoms with Crippen molar-refractivity contribution in [2.24, 2.45) is 0 Å². The minimum absolute atomic E-state index is 0.0881. The number of sulfone groups is 1. The molecule has 1 atom stereocenters. The quantitative estimate of drug-likeness (QED) is 0.683. The number of halogens is 1. The number of ether oxygens (including phenoxy) is 1. The van der Waals surface area contributed by atoms with Gasteiger partial charge in [0, 0.05) is 25.2 Å². The maximum Gasteiger partial charge on any atom is 0.228 e. The molecule has 1 unspecified atom stereocenters. The smallest absolute Gasteiger partial charge is 0.228 e. The average Bonchev–Trinajstić information content (AvgIpc) is 2.11. The third-order valence-corrected chi connectivity index (χ3v) is 6.69. The summed E-state index contributed by atoms with van der Waals surface area (Å²) >= 11 is 5.69. The Bertz CT molecular complexity index is 499. The van der Waals surface area contributed by atoms with Gasteiger partial charge in [-0.15, -0.1) is 11.6 Å². The number of alkyl halides is 1. The fourth-order valence-corrected chi connectivity index (χ4v) is 5.70. The molecule has 108 valence electrons. The highest BCUT2D eigenvalue weighted by Gasteiger charge is 2.39. The molecular weight excluding hydrogens is 302 g/mol. The summed E-state index contributed by atoms with van der Waals surface area (Å²) in [5, 5.41) is -0.884. The van der Waals surface area contributed by atoms with Crippen LogP contribution in [0.1, 0.15) is 13.8 Å². The van der Waals surface area contributed by atoms with Crippen molar-refractivity contribution in [2.45, 2.75) is 25.6 Å². The Morgan fingerprint density at radius 1 is 1.33 bits per heavy atom. The number of hydrogen-bond donors (Lipinski definition) is 0. The predicted octanol–water partition coefficient (Wildman–Crippen LogP) is 0.0365. The van der Waals surface area contributed by atoms with Crippen molar-refractivity contribution in [3.8, 4) is 0 Å². The van der Waals surface area contributed by atoms with Crippen LogP contribution in [0.25, 0.3) is 0 Å². The first-order chi connectivity index (χ1) is 7.95. The Morgan fingerprint density at radius 3 is 2.33 bits per heavy atom. The topological polar surface area (TPSA) is 80.8 Å². The lowest BCUT2D eigenvalue weighted by atomic mass is 10.1. The SMILES string of the molecule is CC1(C)CN(S(=O)(=O)CS(C)(=O)=O)CC(CCl)O1. The summed E-state index contributed by atoms with van der Waals surface area (Å²) in [5.41, 5.74) is -0.678. The number of rotatable bonds is 4. The summed E-state index contributed by atoms with van der Waals surface area (Å²) in [6.45, 7) is 3.70. The Balaban J connectivity index is 2.95. The lowest BCUT2D eigenvalue weighted by Crippen LogP contribution is -2.55. The maximum atomic E-state index is 12.0. The average molecular weight is 320 g/mol. The molecule has 0 aromatic heterocycles. The molecule has 0 aromatic rings. The molecule has 0 bridgehead atoms. The van der Waals surface area contributed by atoms with Gasteiger partial charge in [0.25, 0.3) is 0 Å². The van der Waals surface area contributed by atoms with Crippen LogP contribution >= 0.6 is 11.6 Å². The van der Waals surface area contributed by atoms with Gasteiger partial charge in [-0.1, -0.05) is 0 Å². The predicted molar refractivity (Wildman–Crippen MR) is 69.9 cm³/mol. The molecule has 1 saturated heterocycles. The number of morpholine rings is 1. The van der Waals surface area contributed by atoms with Gasteiger partial charge in [-0.25, -0.2) is 16.8 Å². The normalized spacial score (nSPS) is 26.1. The van der Waals surface area contributed by atoms with Gasteiger partial charge in [-0.3, -0.25) is 0 Å². The molecule has 18 heavy (non-hydrogen) atoms. The molecule has 0 spiro atoms. The first-order valence-electron chi connectivity index (χ1n) is 5.34. The van der Waals surface area contributed by atoms with Crippen LogP contribution in [0.4, 0.5) is 0 Å². The van der Waals surface area contributed by atoms with Crippen LogP contribution < -0.4 is 0 Å². The highest BCUT2D eigenvalue weighted by Crippen LogP contribution is 2.24. The van der Waals surface area contributed by atoms with Crippen molar-refractivity contribution in [1.82, 2.24) is 4.31 Å². The summed E-state index contributed by atoms with van der Waals surface area (Å²) in [6, 6.07) is 0. The zero-order valence-corrected chi connectivity index (χ0v) is 13.0. The molecule has 0 amide bonds. The van der Waals surface area contributed by atoms with Crippen molar-refractivity contribution in [2.75, 3.05) is 30.3 Å². The van der Waals surface area contributed by atoms with E-state index in [2.05, 4.69) is 0 Å². The number of sulfonamides is 1. The Labute approximate surface area is 113 Å². The molecule has 1 fully saturated rings. The van der Waals surface area contributed by atoms with Crippen molar-refractivity contribution >= 4 is 31.5 Å². The van der Waals surface area contributed by atoms with Gasteiger partial charge in [0.2, 0.25) is 10.0 Å². The molecule has 0 radical (unpaired) electrons. The second-order valence-electron chi connectivity index (χ2n) is 5.10. The monoisotopic (exact) mass is 319 g/mol. The molecule has 1 rings (SSSR count). The molecule has 1 aliphatic rings. The molecule has 9 heteroatoms. The molecule has 0 N–H and O–H groups in total. The number of hydrogen-bond acceptors (Lipinski definition) is 5. The van der Waals surface area contributed by atoms with Crippen LogP contribution in [0.15, 0.2) is 0 Å². The van der Waals surface area contributed by atoms with E-state index in [9.17, 15) is 16.8 Å². The number of nitrogens with zero attached hydrogens (tertiary/aromatic N) is 1. The van der Waals surface area contributed by atoms with E-state index in [-0.39, 0.29) is 19.0 Å². The third kappa shape index (κ3) is 4.65. The van der Waals surface area contributed by atoms with Gasteiger partial charge in [0.05, 0.1) is 11.7 Å². The van der Waals surface area contributed by atoms with E-state index < -0.39 is 36.7 Å². The highest BCUT2D eigenvalue weighted by molar-refractivity contribution is 8.06. The first-order valence-corrected chi connectivity index (χ1v) is 9.55. The zero-order chi connectivity index (χ0) is 14.2. The lowest BCUT2D eigenvalue weighted by molar-refractivity contribution is -0.107. The largest absolute Gasteiger partial charge is 0.368 e. The minimum Gasteiger partial charge on any atom is -0.368 e. The van der Waals surface area contributed by atoms with E-state index in [1.807, 2.05) is 0 Å². The van der Waals surface area contributed by atoms with Gasteiger partial charge in [-0.05, 0) is 13.8 Å². The van der Waals surface area contributed by atoms with Gasteiger partial charge in [0.1, 0.15) is 0 Å². The molecule has 0 aliphatic carbocycles. The van der Waals surface area contributed by atoms with Gasteiger partial charge in [0.15, 0.2) is 14.9 Å². The summed E-state index contributed by atoms with van der Waals surface area (Å²) in [6.07, 6.45) is 0.472. The van der Waals surface area contributed by atoms with E-state index in [0.29, 0.717) is 0 Å². The molecular formula is C9H18ClNO5S2. The van der Waals surface area contributed by atoms with Crippen LogP contribution in [-0.2, 0) is 24.6 Å². The van der Waals surface area contributed by atoms with Crippen LogP contribution in [0.3, 0.4) is 0 Å². The van der Waals surface area contributed by atoms with E-state index in [1.54, 1.807) is 13.8 Å². The zero-order valence-electron chi connectivity index (χ0n) is 10.6. The van der Waals surface area contributed by atoms with Crippen molar-refractivity contribution < 1.29 is 21.6 Å². The maximum absolute atomic E-state index is 12.0. The molecule has 0 aromatic carbocycles.